The molecule has 2 aromatic rings. The molecule has 2 N–H and O–H groups in total. The summed E-state index contributed by atoms with van der Waals surface area (Å²) in [6.07, 6.45) is 6.72. The fourth-order valence-corrected chi connectivity index (χ4v) is 4.15. The van der Waals surface area contributed by atoms with Gasteiger partial charge in [0.25, 0.3) is 0 Å². The van der Waals surface area contributed by atoms with Gasteiger partial charge >= 0.3 is 0 Å². The second kappa shape index (κ2) is 6.98. The van der Waals surface area contributed by atoms with Crippen LogP contribution in [0.3, 0.4) is 0 Å². The molecule has 2 fully saturated rings. The summed E-state index contributed by atoms with van der Waals surface area (Å²) in [5.74, 6) is 2.07. The van der Waals surface area contributed by atoms with Gasteiger partial charge in [0.1, 0.15) is 11.9 Å². The molecule has 1 saturated heterocycles. The number of β-amino-alcohol motifs (C(OH)–C–C–N with tert-alkyl or cyclic N) is 1. The minimum atomic E-state index is -0.522. The molecule has 2 aliphatic rings. The first-order chi connectivity index (χ1) is 12.2. The molecule has 1 unspecified atom stereocenters. The third-order valence-corrected chi connectivity index (χ3v) is 5.32. The number of ether oxygens (including phenoxy) is 1. The van der Waals surface area contributed by atoms with Crippen LogP contribution in [0.15, 0.2) is 42.9 Å². The molecule has 1 aliphatic heterocycles. The fourth-order valence-electron chi connectivity index (χ4n) is 4.15. The number of fused-ring (bicyclic) bond motifs is 1. The molecule has 0 radical (unpaired) electrons. The molecular weight excluding hydrogens is 318 g/mol. The van der Waals surface area contributed by atoms with Crippen molar-refractivity contribution in [1.82, 2.24) is 14.9 Å². The summed E-state index contributed by atoms with van der Waals surface area (Å²) >= 11 is 0. The van der Waals surface area contributed by atoms with Gasteiger partial charge in [-0.1, -0.05) is 12.1 Å². The Balaban J connectivity index is 1.28. The average molecular weight is 341 g/mol. The van der Waals surface area contributed by atoms with Gasteiger partial charge in [0.2, 0.25) is 5.88 Å². The first-order valence-electron chi connectivity index (χ1n) is 8.79. The van der Waals surface area contributed by atoms with Crippen molar-refractivity contribution in [2.45, 2.75) is 25.0 Å². The van der Waals surface area contributed by atoms with Crippen molar-refractivity contribution in [3.8, 4) is 11.6 Å². The number of benzene rings is 1. The molecule has 4 atom stereocenters. The number of likely N-dealkylation sites (tertiary alicyclic amines) is 1. The van der Waals surface area contributed by atoms with Crippen LogP contribution in [0.2, 0.25) is 0 Å². The van der Waals surface area contributed by atoms with Gasteiger partial charge in [-0.15, -0.1) is 0 Å². The number of aromatic nitrogens is 2. The van der Waals surface area contributed by atoms with Gasteiger partial charge < -0.3 is 14.9 Å². The zero-order chi connectivity index (χ0) is 17.2. The predicted octanol–water partition coefficient (Wildman–Crippen LogP) is 2.00. The Morgan fingerprint density at radius 3 is 2.48 bits per heavy atom. The van der Waals surface area contributed by atoms with E-state index in [9.17, 15) is 10.2 Å². The Hall–Kier alpha value is -2.18. The Bertz CT molecular complexity index is 681. The molecule has 4 rings (SSSR count). The predicted molar refractivity (Wildman–Crippen MR) is 92.2 cm³/mol. The summed E-state index contributed by atoms with van der Waals surface area (Å²) in [4.78, 5) is 10.6. The Morgan fingerprint density at radius 1 is 1.12 bits per heavy atom. The van der Waals surface area contributed by atoms with Crippen LogP contribution < -0.4 is 4.74 Å². The van der Waals surface area contributed by atoms with E-state index in [1.165, 1.54) is 0 Å². The lowest BCUT2D eigenvalue weighted by Crippen LogP contribution is -2.29. The van der Waals surface area contributed by atoms with Crippen LogP contribution in [0.5, 0.6) is 11.6 Å². The van der Waals surface area contributed by atoms with Crippen LogP contribution in [-0.2, 0) is 0 Å². The molecule has 1 aromatic carbocycles. The number of aliphatic hydroxyl groups is 1. The van der Waals surface area contributed by atoms with Gasteiger partial charge in [0.05, 0.1) is 12.3 Å². The summed E-state index contributed by atoms with van der Waals surface area (Å²) < 4.78 is 5.94. The summed E-state index contributed by atoms with van der Waals surface area (Å²) in [6, 6.07) is 6.79. The first kappa shape index (κ1) is 16.3. The smallest absolute Gasteiger partial charge is 0.232 e. The third-order valence-electron chi connectivity index (χ3n) is 5.32. The topological polar surface area (TPSA) is 78.7 Å². The molecule has 25 heavy (non-hydrogen) atoms. The van der Waals surface area contributed by atoms with Crippen molar-refractivity contribution in [3.63, 3.8) is 0 Å². The SMILES string of the molecule is Oc1ccc(C(O)CN2C[C@H]3C[C@@H](Oc4cnccn4)C[C@H]3C2)cc1. The normalized spacial score (nSPS) is 27.2. The van der Waals surface area contributed by atoms with Gasteiger partial charge in [-0.05, 0) is 42.4 Å². The molecule has 0 spiro atoms. The molecule has 1 aromatic heterocycles. The largest absolute Gasteiger partial charge is 0.508 e. The van der Waals surface area contributed by atoms with Gasteiger partial charge in [0, 0.05) is 32.0 Å². The molecule has 132 valence electrons. The van der Waals surface area contributed by atoms with Crippen molar-refractivity contribution in [2.24, 2.45) is 11.8 Å². The van der Waals surface area contributed by atoms with Gasteiger partial charge in [-0.2, -0.15) is 0 Å². The highest BCUT2D eigenvalue weighted by Crippen LogP contribution is 2.40. The summed E-state index contributed by atoms with van der Waals surface area (Å²) in [6.45, 7) is 2.63. The van der Waals surface area contributed by atoms with E-state index < -0.39 is 6.10 Å². The number of hydrogen-bond donors (Lipinski definition) is 2. The van der Waals surface area contributed by atoms with Crippen molar-refractivity contribution >= 4 is 0 Å². The Labute approximate surface area is 147 Å². The van der Waals surface area contributed by atoms with E-state index in [1.807, 2.05) is 0 Å². The minimum absolute atomic E-state index is 0.218. The molecule has 1 saturated carbocycles. The second-order valence-electron chi connectivity index (χ2n) is 7.10. The average Bonchev–Trinajstić information content (AvgIpc) is 3.14. The van der Waals surface area contributed by atoms with Crippen LogP contribution in [0.4, 0.5) is 0 Å². The van der Waals surface area contributed by atoms with Crippen LogP contribution in [-0.4, -0.2) is 50.8 Å². The van der Waals surface area contributed by atoms with Crippen LogP contribution in [0.25, 0.3) is 0 Å². The number of rotatable bonds is 5. The number of aliphatic hydroxyl groups excluding tert-OH is 1. The number of nitrogens with zero attached hydrogens (tertiary/aromatic N) is 3. The minimum Gasteiger partial charge on any atom is -0.508 e. The monoisotopic (exact) mass is 341 g/mol. The van der Waals surface area contributed by atoms with E-state index in [1.54, 1.807) is 42.9 Å². The zero-order valence-corrected chi connectivity index (χ0v) is 14.0. The number of phenols is 1. The van der Waals surface area contributed by atoms with E-state index in [0.717, 1.165) is 31.5 Å². The third kappa shape index (κ3) is 3.75. The van der Waals surface area contributed by atoms with E-state index >= 15 is 0 Å². The zero-order valence-electron chi connectivity index (χ0n) is 14.0. The molecule has 0 bridgehead atoms. The van der Waals surface area contributed by atoms with Crippen LogP contribution >= 0.6 is 0 Å². The summed E-state index contributed by atoms with van der Waals surface area (Å²) in [7, 11) is 0. The van der Waals surface area contributed by atoms with Crippen LogP contribution in [0, 0.1) is 11.8 Å². The highest BCUT2D eigenvalue weighted by atomic mass is 16.5. The van der Waals surface area contributed by atoms with Gasteiger partial charge in [-0.3, -0.25) is 9.88 Å². The summed E-state index contributed by atoms with van der Waals surface area (Å²) in [5, 5.41) is 19.8. The maximum absolute atomic E-state index is 10.4. The number of hydrogen-bond acceptors (Lipinski definition) is 6. The standard InChI is InChI=1S/C19H23N3O3/c23-16-3-1-13(2-4-16)18(24)12-22-10-14-7-17(8-15(14)11-22)25-19-9-20-5-6-21-19/h1-6,9,14-15,17-18,23-24H,7-8,10-12H2/t14-,15+,17-,18?. The molecular formula is C19H23N3O3. The Morgan fingerprint density at radius 2 is 1.84 bits per heavy atom. The molecule has 1 aliphatic carbocycles. The first-order valence-corrected chi connectivity index (χ1v) is 8.79. The van der Waals surface area contributed by atoms with Gasteiger partial charge in [-0.25, -0.2) is 4.98 Å². The Kier molecular flexibility index (Phi) is 4.55. The maximum Gasteiger partial charge on any atom is 0.232 e. The molecule has 6 heteroatoms. The maximum atomic E-state index is 10.4. The number of phenolic OH excluding ortho intramolecular Hbond substituents is 1. The number of aromatic hydroxyl groups is 1. The summed E-state index contributed by atoms with van der Waals surface area (Å²) in [5.41, 5.74) is 0.846. The van der Waals surface area contributed by atoms with Crippen molar-refractivity contribution in [2.75, 3.05) is 19.6 Å². The van der Waals surface area contributed by atoms with Crippen molar-refractivity contribution in [3.05, 3.63) is 48.4 Å². The van der Waals surface area contributed by atoms with E-state index in [-0.39, 0.29) is 11.9 Å². The highest BCUT2D eigenvalue weighted by molar-refractivity contribution is 5.27. The van der Waals surface area contributed by atoms with E-state index in [0.29, 0.717) is 24.3 Å². The van der Waals surface area contributed by atoms with E-state index in [4.69, 9.17) is 4.74 Å². The van der Waals surface area contributed by atoms with E-state index in [2.05, 4.69) is 14.9 Å². The van der Waals surface area contributed by atoms with Gasteiger partial charge in [0.15, 0.2) is 0 Å². The molecule has 2 heterocycles. The van der Waals surface area contributed by atoms with Crippen LogP contribution in [0.1, 0.15) is 24.5 Å². The fraction of sp³-hybridized carbons (Fsp3) is 0.474. The highest BCUT2D eigenvalue weighted by Gasteiger charge is 2.42. The molecule has 0 amide bonds. The lowest BCUT2D eigenvalue weighted by atomic mass is 10.0. The van der Waals surface area contributed by atoms with Crippen molar-refractivity contribution < 1.29 is 14.9 Å². The van der Waals surface area contributed by atoms with Crippen molar-refractivity contribution in [1.29, 1.82) is 0 Å². The lowest BCUT2D eigenvalue weighted by molar-refractivity contribution is 0.115. The quantitative estimate of drug-likeness (QED) is 0.866. The lowest BCUT2D eigenvalue weighted by Gasteiger charge is -2.22. The second-order valence-corrected chi connectivity index (χ2v) is 7.10. The molecule has 6 nitrogen and oxygen atoms in total.